The maximum Gasteiger partial charge on any atom is 0.319 e. The first-order valence-electron chi connectivity index (χ1n) is 27.8. The number of nitrogens with zero attached hydrogens (tertiary/aromatic N) is 7. The lowest BCUT2D eigenvalue weighted by molar-refractivity contribution is -0.144. The van der Waals surface area contributed by atoms with E-state index >= 15 is 8.78 Å². The third kappa shape index (κ3) is 12.0. The molecule has 0 aliphatic carbocycles. The number of fused-ring (bicyclic) bond motifs is 4. The number of ether oxygens (including phenoxy) is 2. The Kier molecular flexibility index (Phi) is 16.9. The van der Waals surface area contributed by atoms with Crippen LogP contribution in [0.2, 0.25) is 0 Å². The fourth-order valence-corrected chi connectivity index (χ4v) is 12.9. The number of aromatic hydroxyl groups is 1. The molecule has 3 aromatic carbocycles. The number of rotatable bonds is 19. The summed E-state index contributed by atoms with van der Waals surface area (Å²) in [4.78, 5) is 66.6. The molecule has 4 fully saturated rings. The first-order valence-corrected chi connectivity index (χ1v) is 28.7. The highest BCUT2D eigenvalue weighted by Crippen LogP contribution is 2.40. The molecule has 7 heterocycles. The van der Waals surface area contributed by atoms with Crippen LogP contribution in [0.3, 0.4) is 0 Å². The average Bonchev–Trinajstić information content (AvgIpc) is 4.40. The van der Waals surface area contributed by atoms with Crippen LogP contribution in [0.4, 0.5) is 14.6 Å². The molecule has 0 radical (unpaired) electrons. The zero-order valence-corrected chi connectivity index (χ0v) is 47.1. The molecular weight excluding hydrogens is 1060 g/mol. The van der Waals surface area contributed by atoms with Gasteiger partial charge < -0.3 is 50.5 Å². The lowest BCUT2D eigenvalue weighted by atomic mass is 9.85. The summed E-state index contributed by atoms with van der Waals surface area (Å²) in [6.07, 6.45) is 10.3. The van der Waals surface area contributed by atoms with Gasteiger partial charge in [0.25, 0.3) is 0 Å². The highest BCUT2D eigenvalue weighted by molar-refractivity contribution is 7.13. The topological polar surface area (TPSA) is 228 Å². The molecule has 7 atom stereocenters. The van der Waals surface area contributed by atoms with Gasteiger partial charge in [-0.3, -0.25) is 24.3 Å². The molecular formula is C60H70F2N10O8S. The zero-order valence-electron chi connectivity index (χ0n) is 46.3. The lowest BCUT2D eigenvalue weighted by Gasteiger charge is -2.37. The highest BCUT2D eigenvalue weighted by Gasteiger charge is 2.45. The van der Waals surface area contributed by atoms with Gasteiger partial charge in [0, 0.05) is 74.9 Å². The Labute approximate surface area is 473 Å². The van der Waals surface area contributed by atoms with Crippen LogP contribution in [0, 0.1) is 36.3 Å². The molecule has 6 aromatic rings. The summed E-state index contributed by atoms with van der Waals surface area (Å²) in [6, 6.07) is 11.3. The quantitative estimate of drug-likeness (QED) is 0.0373. The number of thiazole rings is 1. The predicted octanol–water partition coefficient (Wildman–Crippen LogP) is 6.56. The van der Waals surface area contributed by atoms with E-state index in [1.807, 2.05) is 64.4 Å². The number of aryl methyl sites for hydroxylation is 1. The molecule has 3 aromatic heterocycles. The number of carbonyl (C=O) groups excluding carboxylic acids is 3. The van der Waals surface area contributed by atoms with Crippen LogP contribution < -0.4 is 25.6 Å². The summed E-state index contributed by atoms with van der Waals surface area (Å²) in [6.45, 7) is 11.8. The number of amides is 3. The van der Waals surface area contributed by atoms with E-state index < -0.39 is 58.5 Å². The second kappa shape index (κ2) is 23.9. The van der Waals surface area contributed by atoms with Gasteiger partial charge in [-0.2, -0.15) is 9.97 Å². The van der Waals surface area contributed by atoms with Crippen LogP contribution in [0.5, 0.6) is 11.8 Å². The van der Waals surface area contributed by atoms with Crippen molar-refractivity contribution in [2.45, 2.75) is 121 Å². The number of likely N-dealkylation sites (tertiary alicyclic amines) is 2. The minimum Gasteiger partial charge on any atom is -0.508 e. The smallest absolute Gasteiger partial charge is 0.319 e. The fraction of sp³-hybridized carbons (Fsp3) is 0.483. The SMILES string of the molecule is C#Cc1c(F)ccc2cc(O)cc(-c3ncc4c(N5CC6CCC(C5)N6)nc(OC[C@]5(CO)CCCN5CCCOCCC(=O)N[C@H](C(=O)N5C[C@H](O)C[C@H]5C(=O)N[C@@H](C)c5ccc(-c6scnc6C)cc5)C(C)(C)C)nc4c3F)c12. The molecule has 0 saturated carbocycles. The number of phenolic OH excluding ortho intramolecular Hbond substituents is 1. The Morgan fingerprint density at radius 1 is 1.02 bits per heavy atom. The summed E-state index contributed by atoms with van der Waals surface area (Å²) in [5.41, 5.74) is 2.83. The van der Waals surface area contributed by atoms with Gasteiger partial charge in [0.15, 0.2) is 5.82 Å². The van der Waals surface area contributed by atoms with E-state index in [1.165, 1.54) is 35.4 Å². The van der Waals surface area contributed by atoms with Crippen LogP contribution in [0.1, 0.15) is 95.5 Å². The second-order valence-corrected chi connectivity index (χ2v) is 23.9. The van der Waals surface area contributed by atoms with E-state index in [4.69, 9.17) is 20.9 Å². The summed E-state index contributed by atoms with van der Waals surface area (Å²) in [5.74, 6) is -0.115. The number of piperazine rings is 1. The van der Waals surface area contributed by atoms with Gasteiger partial charge in [0.2, 0.25) is 17.7 Å². The molecule has 2 bridgehead atoms. The summed E-state index contributed by atoms with van der Waals surface area (Å²) < 4.78 is 44.7. The number of benzene rings is 3. The van der Waals surface area contributed by atoms with Gasteiger partial charge in [0.1, 0.15) is 47.3 Å². The van der Waals surface area contributed by atoms with Crippen molar-refractivity contribution >= 4 is 56.6 Å². The number of carbonyl (C=O) groups is 3. The second-order valence-electron chi connectivity index (χ2n) is 23.1. The van der Waals surface area contributed by atoms with Gasteiger partial charge in [-0.05, 0) is 92.6 Å². The normalized spacial score (nSPS) is 21.8. The molecule has 3 amide bonds. The van der Waals surface area contributed by atoms with Gasteiger partial charge >= 0.3 is 6.01 Å². The van der Waals surface area contributed by atoms with Gasteiger partial charge in [-0.1, -0.05) is 57.0 Å². The van der Waals surface area contributed by atoms with E-state index in [0.29, 0.717) is 62.2 Å². The maximum absolute atomic E-state index is 17.2. The Morgan fingerprint density at radius 3 is 2.49 bits per heavy atom. The van der Waals surface area contributed by atoms with Crippen LogP contribution in [-0.2, 0) is 19.1 Å². The van der Waals surface area contributed by atoms with E-state index in [9.17, 15) is 29.7 Å². The summed E-state index contributed by atoms with van der Waals surface area (Å²) in [5, 5.41) is 43.0. The standard InChI is InChI=1S/C60H70F2N10O8S/c1-7-43-46(61)17-14-38-24-41(74)25-44(49(38)43)51-50(62)52-45(27-63-51)55(70-28-39-15-16-40(29-70)66-39)69-58(68-52)80-32-60(31-73)19-8-20-71(60)21-9-22-79-23-18-48(76)67-54(59(4,5)6)57(78)72-30-42(75)26-47(72)56(77)65-34(2)36-10-12-37(13-11-36)53-35(3)64-33-81-53/h1,10-14,17,24-25,27,33-34,39-40,42,47,54,66,73-75H,8-9,15-16,18-23,26,28-32H2,2-6H3,(H,65,77)(H,67,76)/t34-,39?,40?,42+,47-,54+,60+/m0/s1. The lowest BCUT2D eigenvalue weighted by Crippen LogP contribution is -2.58. The van der Waals surface area contributed by atoms with Crippen molar-refractivity contribution in [1.29, 1.82) is 0 Å². The fourth-order valence-electron chi connectivity index (χ4n) is 12.0. The third-order valence-electron chi connectivity index (χ3n) is 16.4. The summed E-state index contributed by atoms with van der Waals surface area (Å²) >= 11 is 1.56. The van der Waals surface area contributed by atoms with Crippen molar-refractivity contribution in [1.82, 2.24) is 45.7 Å². The minimum atomic E-state index is -0.993. The van der Waals surface area contributed by atoms with Crippen molar-refractivity contribution in [2.75, 3.05) is 64.1 Å². The third-order valence-corrected chi connectivity index (χ3v) is 17.3. The van der Waals surface area contributed by atoms with Crippen LogP contribution in [0.15, 0.2) is 60.2 Å². The molecule has 4 aliphatic rings. The first kappa shape index (κ1) is 57.3. The van der Waals surface area contributed by atoms with E-state index in [1.54, 1.807) is 11.3 Å². The van der Waals surface area contributed by atoms with Gasteiger partial charge in [0.05, 0.1) is 57.9 Å². The minimum absolute atomic E-state index is 0.0123. The van der Waals surface area contributed by atoms with E-state index in [-0.39, 0.29) is 96.8 Å². The number of halogens is 2. The molecule has 10 rings (SSSR count). The molecule has 18 nitrogen and oxygen atoms in total. The molecule has 21 heteroatoms. The number of hydrogen-bond donors (Lipinski definition) is 6. The largest absolute Gasteiger partial charge is 0.508 e. The number of aromatic nitrogens is 4. The van der Waals surface area contributed by atoms with Crippen LogP contribution in [-0.4, -0.2) is 158 Å². The molecule has 0 spiro atoms. The Bertz CT molecular complexity index is 3360. The van der Waals surface area contributed by atoms with Gasteiger partial charge in [-0.15, -0.1) is 17.8 Å². The number of aliphatic hydroxyl groups excluding tert-OH is 2. The number of nitrogens with one attached hydrogen (secondary N) is 3. The average molecular weight is 1130 g/mol. The van der Waals surface area contributed by atoms with Crippen molar-refractivity contribution in [3.8, 4) is 45.8 Å². The number of terminal acetylenes is 1. The molecule has 4 saturated heterocycles. The van der Waals surface area contributed by atoms with Crippen molar-refractivity contribution in [2.24, 2.45) is 5.41 Å². The van der Waals surface area contributed by atoms with Crippen LogP contribution >= 0.6 is 11.3 Å². The highest BCUT2D eigenvalue weighted by atomic mass is 32.1. The first-order chi connectivity index (χ1) is 38.8. The molecule has 81 heavy (non-hydrogen) atoms. The zero-order chi connectivity index (χ0) is 57.3. The van der Waals surface area contributed by atoms with E-state index in [2.05, 4.69) is 46.6 Å². The number of pyridine rings is 1. The van der Waals surface area contributed by atoms with Crippen molar-refractivity contribution in [3.05, 3.63) is 88.7 Å². The number of aliphatic hydroxyl groups is 2. The maximum atomic E-state index is 17.2. The van der Waals surface area contributed by atoms with Crippen molar-refractivity contribution < 1.29 is 48.0 Å². The molecule has 428 valence electrons. The Hall–Kier alpha value is -6.93. The predicted molar refractivity (Wildman–Crippen MR) is 304 cm³/mol. The van der Waals surface area contributed by atoms with Crippen LogP contribution in [0.25, 0.3) is 43.4 Å². The summed E-state index contributed by atoms with van der Waals surface area (Å²) in [7, 11) is 0. The molecule has 4 aliphatic heterocycles. The number of β-amino-alcohol motifs (C(OH)–C–C–N with tert-alkyl or cyclic N) is 1. The number of hydrogen-bond acceptors (Lipinski definition) is 16. The molecule has 6 N–H and O–H groups in total. The van der Waals surface area contributed by atoms with Crippen molar-refractivity contribution in [3.63, 3.8) is 0 Å². The number of anilines is 1. The number of phenols is 1. The Balaban J connectivity index is 0.756. The molecule has 2 unspecified atom stereocenters. The van der Waals surface area contributed by atoms with Gasteiger partial charge in [-0.25, -0.2) is 13.8 Å². The monoisotopic (exact) mass is 1130 g/mol. The Morgan fingerprint density at radius 2 is 1.79 bits per heavy atom. The van der Waals surface area contributed by atoms with E-state index in [0.717, 1.165) is 41.0 Å².